The Labute approximate surface area is 196 Å². The van der Waals surface area contributed by atoms with Gasteiger partial charge < -0.3 is 26.0 Å². The summed E-state index contributed by atoms with van der Waals surface area (Å²) in [5.41, 5.74) is 2.72. The first kappa shape index (κ1) is 25.1. The molecule has 0 radical (unpaired) electrons. The summed E-state index contributed by atoms with van der Waals surface area (Å²) in [4.78, 5) is 12.3. The first-order valence-corrected chi connectivity index (χ1v) is 10.9. The van der Waals surface area contributed by atoms with Crippen molar-refractivity contribution in [3.05, 3.63) is 94.6 Å². The zero-order chi connectivity index (χ0) is 24.7. The Morgan fingerprint density at radius 2 is 1.62 bits per heavy atom. The third-order valence-corrected chi connectivity index (χ3v) is 5.34. The second kappa shape index (κ2) is 11.6. The van der Waals surface area contributed by atoms with Crippen LogP contribution < -0.4 is 10.6 Å². The van der Waals surface area contributed by atoms with E-state index in [9.17, 15) is 28.9 Å². The van der Waals surface area contributed by atoms with Crippen LogP contribution in [0.25, 0.3) is 0 Å². The molecule has 1 amide bonds. The first-order chi connectivity index (χ1) is 16.2. The molecule has 0 spiro atoms. The van der Waals surface area contributed by atoms with Crippen LogP contribution in [-0.2, 0) is 24.2 Å². The van der Waals surface area contributed by atoms with E-state index in [4.69, 9.17) is 0 Å². The van der Waals surface area contributed by atoms with E-state index in [0.29, 0.717) is 17.5 Å². The van der Waals surface area contributed by atoms with Gasteiger partial charge in [-0.15, -0.1) is 0 Å². The Balaban J connectivity index is 1.48. The summed E-state index contributed by atoms with van der Waals surface area (Å²) < 4.78 is 26.3. The summed E-state index contributed by atoms with van der Waals surface area (Å²) in [5.74, 6) is -2.34. The highest BCUT2D eigenvalue weighted by Crippen LogP contribution is 2.24. The molecule has 0 aliphatic rings. The monoisotopic (exact) mass is 470 g/mol. The molecule has 0 aromatic heterocycles. The van der Waals surface area contributed by atoms with Gasteiger partial charge in [-0.3, -0.25) is 4.79 Å². The van der Waals surface area contributed by atoms with Gasteiger partial charge in [-0.05, 0) is 59.9 Å². The largest absolute Gasteiger partial charge is 0.508 e. The van der Waals surface area contributed by atoms with Gasteiger partial charge in [-0.1, -0.05) is 30.3 Å². The number of nitrogens with one attached hydrogen (secondary N) is 2. The lowest BCUT2D eigenvalue weighted by Gasteiger charge is -2.18. The maximum absolute atomic E-state index is 13.3. The van der Waals surface area contributed by atoms with Crippen molar-refractivity contribution in [3.8, 4) is 11.5 Å². The molecular weight excluding hydrogens is 442 g/mol. The maximum atomic E-state index is 13.3. The van der Waals surface area contributed by atoms with Gasteiger partial charge in [0.1, 0.15) is 11.5 Å². The van der Waals surface area contributed by atoms with Crippen LogP contribution in [0.3, 0.4) is 0 Å². The van der Waals surface area contributed by atoms with Crippen LogP contribution in [0.1, 0.15) is 35.3 Å². The molecule has 3 rings (SSSR count). The number of phenols is 2. The Kier molecular flexibility index (Phi) is 8.56. The molecule has 34 heavy (non-hydrogen) atoms. The molecule has 0 saturated carbocycles. The van der Waals surface area contributed by atoms with Crippen LogP contribution in [0.4, 0.5) is 8.78 Å². The number of carbonyl (C=O) groups excluding carboxylic acids is 1. The molecule has 0 aliphatic carbocycles. The van der Waals surface area contributed by atoms with Gasteiger partial charge in [0.25, 0.3) is 0 Å². The molecule has 0 saturated heterocycles. The maximum Gasteiger partial charge on any atom is 0.224 e. The number of amides is 1. The van der Waals surface area contributed by atoms with Gasteiger partial charge in [0.05, 0.1) is 12.5 Å². The Bertz CT molecular complexity index is 1120. The number of rotatable bonds is 10. The minimum atomic E-state index is -0.949. The van der Waals surface area contributed by atoms with Crippen molar-refractivity contribution < 1.29 is 28.9 Å². The average molecular weight is 471 g/mol. The van der Waals surface area contributed by atoms with E-state index in [1.807, 2.05) is 31.2 Å². The second-order valence-corrected chi connectivity index (χ2v) is 8.33. The van der Waals surface area contributed by atoms with Gasteiger partial charge >= 0.3 is 0 Å². The van der Waals surface area contributed by atoms with Gasteiger partial charge in [-0.25, -0.2) is 8.78 Å². The number of hydrogen-bond donors (Lipinski definition) is 5. The minimum absolute atomic E-state index is 0.0120. The molecule has 0 fully saturated rings. The van der Waals surface area contributed by atoms with Crippen LogP contribution in [-0.4, -0.2) is 33.8 Å². The Hall–Kier alpha value is -3.49. The van der Waals surface area contributed by atoms with Crippen molar-refractivity contribution in [2.45, 2.75) is 38.5 Å². The van der Waals surface area contributed by atoms with Gasteiger partial charge in [-0.2, -0.15) is 0 Å². The second-order valence-electron chi connectivity index (χ2n) is 8.33. The molecule has 0 bridgehead atoms. The van der Waals surface area contributed by atoms with Crippen molar-refractivity contribution in [2.75, 3.05) is 6.54 Å². The van der Waals surface area contributed by atoms with Crippen molar-refractivity contribution >= 4 is 5.91 Å². The summed E-state index contributed by atoms with van der Waals surface area (Å²) in [6, 6.07) is 15.1. The fourth-order valence-electron chi connectivity index (χ4n) is 3.63. The lowest BCUT2D eigenvalue weighted by atomic mass is 10.0. The predicted molar refractivity (Wildman–Crippen MR) is 124 cm³/mol. The number of phenolic OH excluding ortho intramolecular Hbond substituents is 2. The lowest BCUT2D eigenvalue weighted by Crippen LogP contribution is -2.32. The molecule has 0 heterocycles. The van der Waals surface area contributed by atoms with E-state index in [1.165, 1.54) is 24.3 Å². The number of hydrogen-bond acceptors (Lipinski definition) is 5. The van der Waals surface area contributed by atoms with Crippen LogP contribution in [0, 0.1) is 11.6 Å². The highest BCUT2D eigenvalue weighted by Gasteiger charge is 2.13. The zero-order valence-corrected chi connectivity index (χ0v) is 18.8. The van der Waals surface area contributed by atoms with Gasteiger partial charge in [0.2, 0.25) is 5.91 Å². The van der Waals surface area contributed by atoms with Crippen molar-refractivity contribution in [3.63, 3.8) is 0 Å². The normalized spacial score (nSPS) is 12.8. The van der Waals surface area contributed by atoms with E-state index < -0.39 is 17.7 Å². The number of carbonyl (C=O) groups is 1. The fourth-order valence-corrected chi connectivity index (χ4v) is 3.63. The Morgan fingerprint density at radius 1 is 0.912 bits per heavy atom. The van der Waals surface area contributed by atoms with E-state index in [1.54, 1.807) is 0 Å². The van der Waals surface area contributed by atoms with Crippen LogP contribution >= 0.6 is 0 Å². The molecule has 2 atom stereocenters. The first-order valence-electron chi connectivity index (χ1n) is 10.9. The van der Waals surface area contributed by atoms with E-state index in [2.05, 4.69) is 10.6 Å². The fraction of sp³-hybridized carbons (Fsp3) is 0.269. The average Bonchev–Trinajstić information content (AvgIpc) is 2.78. The van der Waals surface area contributed by atoms with E-state index in [-0.39, 0.29) is 43.0 Å². The standard InChI is InChI=1S/C26H28F2N2O4/c1-16(29-15-25(33)20-11-21(31)13-22(32)12-20)7-17-3-2-4-18(8-17)10-26(34)30-14-19-5-6-23(27)24(28)9-19/h2-6,8-9,11-13,16,25,29,31-33H,7,10,14-15H2,1H3,(H,30,34). The Morgan fingerprint density at radius 3 is 2.32 bits per heavy atom. The molecular formula is C26H28F2N2O4. The molecule has 180 valence electrons. The topological polar surface area (TPSA) is 102 Å². The number of halogens is 2. The third-order valence-electron chi connectivity index (χ3n) is 5.34. The summed E-state index contributed by atoms with van der Waals surface area (Å²) in [6.07, 6.45) is -0.0912. The number of benzene rings is 3. The van der Waals surface area contributed by atoms with Crippen LogP contribution in [0.2, 0.25) is 0 Å². The van der Waals surface area contributed by atoms with E-state index in [0.717, 1.165) is 23.3 Å². The van der Waals surface area contributed by atoms with Gasteiger partial charge in [0.15, 0.2) is 11.6 Å². The van der Waals surface area contributed by atoms with Crippen LogP contribution in [0.15, 0.2) is 60.7 Å². The van der Waals surface area contributed by atoms with Crippen molar-refractivity contribution in [1.82, 2.24) is 10.6 Å². The summed E-state index contributed by atoms with van der Waals surface area (Å²) in [6.45, 7) is 2.31. The molecule has 3 aromatic carbocycles. The summed E-state index contributed by atoms with van der Waals surface area (Å²) in [7, 11) is 0. The van der Waals surface area contributed by atoms with Crippen molar-refractivity contribution in [1.29, 1.82) is 0 Å². The third kappa shape index (κ3) is 7.54. The molecule has 6 nitrogen and oxygen atoms in total. The van der Waals surface area contributed by atoms with E-state index >= 15 is 0 Å². The highest BCUT2D eigenvalue weighted by molar-refractivity contribution is 5.78. The quantitative estimate of drug-likeness (QED) is 0.312. The molecule has 2 unspecified atom stereocenters. The molecule has 5 N–H and O–H groups in total. The molecule has 0 aliphatic heterocycles. The predicted octanol–water partition coefficient (Wildman–Crippen LogP) is 3.49. The molecule has 3 aromatic rings. The SMILES string of the molecule is CC(Cc1cccc(CC(=O)NCc2ccc(F)c(F)c2)c1)NCC(O)c1cc(O)cc(O)c1. The number of aliphatic hydroxyl groups excluding tert-OH is 1. The highest BCUT2D eigenvalue weighted by atomic mass is 19.2. The summed E-state index contributed by atoms with van der Waals surface area (Å²) >= 11 is 0. The van der Waals surface area contributed by atoms with Crippen LogP contribution in [0.5, 0.6) is 11.5 Å². The number of aromatic hydroxyl groups is 2. The lowest BCUT2D eigenvalue weighted by molar-refractivity contribution is -0.120. The van der Waals surface area contributed by atoms with Gasteiger partial charge in [0, 0.05) is 25.2 Å². The van der Waals surface area contributed by atoms with Crippen molar-refractivity contribution in [2.24, 2.45) is 0 Å². The zero-order valence-electron chi connectivity index (χ0n) is 18.8. The molecule has 8 heteroatoms. The summed E-state index contributed by atoms with van der Waals surface area (Å²) in [5, 5.41) is 35.4. The smallest absolute Gasteiger partial charge is 0.224 e. The number of aliphatic hydroxyl groups is 1. The minimum Gasteiger partial charge on any atom is -0.508 e.